The number of carbonyl (C=O) groups is 3. The summed E-state index contributed by atoms with van der Waals surface area (Å²) >= 11 is 6.27. The molecule has 2 saturated heterocycles. The lowest BCUT2D eigenvalue weighted by molar-refractivity contribution is -0.152. The summed E-state index contributed by atoms with van der Waals surface area (Å²) in [6.45, 7) is 2.05. The van der Waals surface area contributed by atoms with Crippen LogP contribution in [0, 0.1) is 0 Å². The van der Waals surface area contributed by atoms with Gasteiger partial charge in [-0.25, -0.2) is 24.5 Å². The first-order chi connectivity index (χ1) is 21.8. The molecule has 4 aromatic rings. The van der Waals surface area contributed by atoms with Gasteiger partial charge in [0.05, 0.1) is 11.9 Å². The van der Waals surface area contributed by atoms with Crippen molar-refractivity contribution in [3.05, 3.63) is 89.0 Å². The van der Waals surface area contributed by atoms with Crippen molar-refractivity contribution < 1.29 is 33.7 Å². The number of carboxylic acid groups (broad SMARTS) is 1. The second kappa shape index (κ2) is 13.0. The fraction of sp³-hybridized carbons (Fsp3) is 0.267. The molecule has 14 nitrogen and oxygen atoms in total. The Balaban J connectivity index is 1.28. The van der Waals surface area contributed by atoms with Crippen molar-refractivity contribution in [3.63, 3.8) is 0 Å². The average Bonchev–Trinajstić information content (AvgIpc) is 3.74. The minimum Gasteiger partial charge on any atom is -0.478 e. The summed E-state index contributed by atoms with van der Waals surface area (Å²) < 4.78 is 20.3. The van der Waals surface area contributed by atoms with Gasteiger partial charge in [0.15, 0.2) is 35.6 Å². The first-order valence-corrected chi connectivity index (χ1v) is 14.4. The van der Waals surface area contributed by atoms with Crippen molar-refractivity contribution in [2.75, 3.05) is 11.9 Å². The van der Waals surface area contributed by atoms with Crippen LogP contribution in [0.4, 0.5) is 10.6 Å². The molecule has 0 spiro atoms. The van der Waals surface area contributed by atoms with E-state index in [2.05, 4.69) is 30.9 Å². The van der Waals surface area contributed by atoms with Gasteiger partial charge in [0.25, 0.3) is 5.91 Å². The van der Waals surface area contributed by atoms with E-state index < -0.39 is 48.7 Å². The molecule has 2 fully saturated rings. The summed E-state index contributed by atoms with van der Waals surface area (Å²) in [5.74, 6) is -1.54. The second-order valence-electron chi connectivity index (χ2n) is 10.1. The van der Waals surface area contributed by atoms with E-state index in [0.717, 1.165) is 5.56 Å². The van der Waals surface area contributed by atoms with Crippen LogP contribution in [0.25, 0.3) is 17.2 Å². The van der Waals surface area contributed by atoms with Crippen LogP contribution < -0.4 is 16.0 Å². The molecule has 232 valence electrons. The molecule has 2 aliphatic rings. The number of fused-ring (bicyclic) bond motifs is 2. The molecule has 5 atom stereocenters. The summed E-state index contributed by atoms with van der Waals surface area (Å²) in [5.41, 5.74) is 1.79. The lowest BCUT2D eigenvalue weighted by atomic mass is 10.1. The number of ether oxygens (including phenoxy) is 3. The number of urea groups is 1. The predicted molar refractivity (Wildman–Crippen MR) is 161 cm³/mol. The number of hydrogen-bond acceptors (Lipinski definition) is 9. The minimum atomic E-state index is -1.17. The van der Waals surface area contributed by atoms with Crippen LogP contribution in [0.5, 0.6) is 0 Å². The molecule has 0 saturated carbocycles. The third-order valence-electron chi connectivity index (χ3n) is 7.27. The second-order valence-corrected chi connectivity index (χ2v) is 10.5. The predicted octanol–water partition coefficient (Wildman–Crippen LogP) is 3.36. The maximum atomic E-state index is 13.6. The molecular formula is C30H28ClN7O7. The third kappa shape index (κ3) is 6.21. The van der Waals surface area contributed by atoms with Crippen LogP contribution in [0.3, 0.4) is 0 Å². The van der Waals surface area contributed by atoms with Gasteiger partial charge < -0.3 is 30.0 Å². The van der Waals surface area contributed by atoms with Gasteiger partial charge in [-0.3, -0.25) is 14.7 Å². The van der Waals surface area contributed by atoms with E-state index >= 15 is 0 Å². The van der Waals surface area contributed by atoms with Crippen molar-refractivity contribution in [1.29, 1.82) is 0 Å². The molecule has 2 aliphatic heterocycles. The highest BCUT2D eigenvalue weighted by molar-refractivity contribution is 6.31. The zero-order valence-corrected chi connectivity index (χ0v) is 24.5. The SMILES string of the molecule is CCNC(=O)Nc1ncnc2c1ncn2C1OC(C(=O)NCc2c(Cl)cccc2C(=O)O)C2O[C@H](C=Cc3ccccc3)OC21. The lowest BCUT2D eigenvalue weighted by Gasteiger charge is -2.20. The molecule has 0 aliphatic carbocycles. The first kappa shape index (κ1) is 30.1. The summed E-state index contributed by atoms with van der Waals surface area (Å²) in [6, 6.07) is 13.6. The Bertz CT molecular complexity index is 1770. The fourth-order valence-corrected chi connectivity index (χ4v) is 5.45. The van der Waals surface area contributed by atoms with E-state index in [0.29, 0.717) is 17.7 Å². The Morgan fingerprint density at radius 1 is 1.00 bits per heavy atom. The fourth-order valence-electron chi connectivity index (χ4n) is 5.21. The van der Waals surface area contributed by atoms with Crippen LogP contribution in [0.1, 0.15) is 34.6 Å². The normalized spacial score (nSPS) is 22.4. The maximum Gasteiger partial charge on any atom is 0.336 e. The van der Waals surface area contributed by atoms with Gasteiger partial charge in [-0.2, -0.15) is 0 Å². The van der Waals surface area contributed by atoms with Crippen LogP contribution in [0.15, 0.2) is 67.3 Å². The number of nitrogens with one attached hydrogen (secondary N) is 3. The summed E-state index contributed by atoms with van der Waals surface area (Å²) in [5, 5.41) is 17.8. The number of aromatic nitrogens is 4. The molecule has 0 bridgehead atoms. The standard InChI is InChI=1S/C30H28ClN7O7/c1-2-32-30(42)37-25-21-26(35-14-34-25)38(15-36-21)28-24-22(43-20(44-24)12-11-16-7-4-3-5-8-16)23(45-28)27(39)33-13-18-17(29(40)41)9-6-10-19(18)31/h3-12,14-15,20,22-24,28H,2,13H2,1H3,(H,33,39)(H,40,41)(H2,32,34,35,37,42)/t20-,22?,23?,24?,28?/m0/s1. The number of nitrogens with zero attached hydrogens (tertiary/aromatic N) is 4. The van der Waals surface area contributed by atoms with E-state index in [9.17, 15) is 19.5 Å². The summed E-state index contributed by atoms with van der Waals surface area (Å²) in [6.07, 6.45) is 1.84. The number of rotatable bonds is 9. The lowest BCUT2D eigenvalue weighted by Crippen LogP contribution is -2.42. The van der Waals surface area contributed by atoms with E-state index in [1.54, 1.807) is 23.6 Å². The smallest absolute Gasteiger partial charge is 0.336 e. The van der Waals surface area contributed by atoms with Gasteiger partial charge in [-0.15, -0.1) is 0 Å². The molecular weight excluding hydrogens is 606 g/mol. The number of hydrogen-bond donors (Lipinski definition) is 4. The Morgan fingerprint density at radius 3 is 2.58 bits per heavy atom. The third-order valence-corrected chi connectivity index (χ3v) is 7.62. The number of anilines is 1. The topological polar surface area (TPSA) is 179 Å². The molecule has 15 heteroatoms. The van der Waals surface area contributed by atoms with Crippen LogP contribution in [-0.2, 0) is 25.5 Å². The minimum absolute atomic E-state index is 0.0287. The van der Waals surface area contributed by atoms with Crippen molar-refractivity contribution in [2.24, 2.45) is 0 Å². The van der Waals surface area contributed by atoms with E-state index in [1.165, 1.54) is 24.8 Å². The van der Waals surface area contributed by atoms with Crippen molar-refractivity contribution in [3.8, 4) is 0 Å². The highest BCUT2D eigenvalue weighted by Gasteiger charge is 2.56. The van der Waals surface area contributed by atoms with Gasteiger partial charge in [-0.1, -0.05) is 54.1 Å². The summed E-state index contributed by atoms with van der Waals surface area (Å²) in [7, 11) is 0. The van der Waals surface area contributed by atoms with Crippen molar-refractivity contribution in [2.45, 2.75) is 44.3 Å². The largest absolute Gasteiger partial charge is 0.478 e. The monoisotopic (exact) mass is 633 g/mol. The van der Waals surface area contributed by atoms with E-state index in [1.807, 2.05) is 36.4 Å². The maximum absolute atomic E-state index is 13.6. The van der Waals surface area contributed by atoms with Crippen molar-refractivity contribution in [1.82, 2.24) is 30.2 Å². The number of amides is 3. The molecule has 0 radical (unpaired) electrons. The average molecular weight is 634 g/mol. The Morgan fingerprint density at radius 2 is 1.80 bits per heavy atom. The number of imidazole rings is 1. The van der Waals surface area contributed by atoms with Gasteiger partial charge >= 0.3 is 12.0 Å². The van der Waals surface area contributed by atoms with Gasteiger partial charge in [-0.05, 0) is 30.7 Å². The van der Waals surface area contributed by atoms with Crippen LogP contribution in [0.2, 0.25) is 5.02 Å². The number of carboxylic acids is 1. The van der Waals surface area contributed by atoms with Gasteiger partial charge in [0.2, 0.25) is 0 Å². The van der Waals surface area contributed by atoms with Crippen molar-refractivity contribution >= 4 is 52.6 Å². The molecule has 4 heterocycles. The molecule has 3 amide bonds. The first-order valence-electron chi connectivity index (χ1n) is 14.0. The molecule has 2 aromatic carbocycles. The Labute approximate surface area is 261 Å². The van der Waals surface area contributed by atoms with E-state index in [-0.39, 0.29) is 28.5 Å². The van der Waals surface area contributed by atoms with E-state index in [4.69, 9.17) is 25.8 Å². The highest BCUT2D eigenvalue weighted by atomic mass is 35.5. The Hall–Kier alpha value is -4.89. The number of carbonyl (C=O) groups excluding carboxylic acids is 2. The molecule has 4 N–H and O–H groups in total. The number of benzene rings is 2. The zero-order chi connectivity index (χ0) is 31.5. The molecule has 2 aromatic heterocycles. The quantitative estimate of drug-likeness (QED) is 0.214. The Kier molecular flexibility index (Phi) is 8.71. The van der Waals surface area contributed by atoms with Gasteiger partial charge in [0, 0.05) is 23.7 Å². The van der Waals surface area contributed by atoms with Crippen LogP contribution >= 0.6 is 11.6 Å². The molecule has 6 rings (SSSR count). The highest BCUT2D eigenvalue weighted by Crippen LogP contribution is 2.41. The zero-order valence-electron chi connectivity index (χ0n) is 23.8. The van der Waals surface area contributed by atoms with Gasteiger partial charge in [0.1, 0.15) is 18.5 Å². The van der Waals surface area contributed by atoms with Crippen LogP contribution in [-0.4, -0.2) is 73.7 Å². The molecule has 45 heavy (non-hydrogen) atoms. The summed E-state index contributed by atoms with van der Waals surface area (Å²) in [4.78, 5) is 50.4. The number of halogens is 1. The molecule has 4 unspecified atom stereocenters. The number of aromatic carboxylic acids is 1.